The van der Waals surface area contributed by atoms with Crippen LogP contribution in [0.15, 0.2) is 59.4 Å². The second-order valence-electron chi connectivity index (χ2n) is 4.37. The lowest BCUT2D eigenvalue weighted by Gasteiger charge is -2.00. The fraction of sp³-hybridized carbons (Fsp3) is 0. The Morgan fingerprint density at radius 1 is 0.789 bits per heavy atom. The first-order valence-electron chi connectivity index (χ1n) is 5.83. The van der Waals surface area contributed by atoms with Gasteiger partial charge in [-0.25, -0.2) is 0 Å². The standard InChI is InChI=1S/C16H10O3/c17-15-6-5-12-7-10-3-1-2-4-11(10)8-13(12)9-14(15)16(18)19/h1-9H,(H,18,19)/p-1. The second-order valence-corrected chi connectivity index (χ2v) is 4.37. The summed E-state index contributed by atoms with van der Waals surface area (Å²) in [5.41, 5.74) is -0.856. The molecule has 0 fully saturated rings. The maximum Gasteiger partial charge on any atom is 0.187 e. The lowest BCUT2D eigenvalue weighted by Crippen LogP contribution is -2.27. The van der Waals surface area contributed by atoms with Crippen molar-refractivity contribution in [2.45, 2.75) is 0 Å². The lowest BCUT2D eigenvalue weighted by atomic mass is 10.1. The fourth-order valence-electron chi connectivity index (χ4n) is 2.19. The van der Waals surface area contributed by atoms with Crippen LogP contribution in [0.5, 0.6) is 0 Å². The average Bonchev–Trinajstić information content (AvgIpc) is 2.56. The normalized spacial score (nSPS) is 10.7. The van der Waals surface area contributed by atoms with Crippen LogP contribution in [0.25, 0.3) is 21.5 Å². The van der Waals surface area contributed by atoms with E-state index in [9.17, 15) is 14.7 Å². The summed E-state index contributed by atoms with van der Waals surface area (Å²) in [6, 6.07) is 15.8. The first-order valence-corrected chi connectivity index (χ1v) is 5.83. The maximum atomic E-state index is 11.6. The minimum atomic E-state index is -1.45. The van der Waals surface area contributed by atoms with Gasteiger partial charge in [0.2, 0.25) is 0 Å². The Hall–Kier alpha value is -2.68. The van der Waals surface area contributed by atoms with E-state index in [2.05, 4.69) is 0 Å². The molecule has 0 heterocycles. The molecule has 3 nitrogen and oxygen atoms in total. The largest absolute Gasteiger partial charge is 0.545 e. The van der Waals surface area contributed by atoms with Gasteiger partial charge in [-0.05, 0) is 45.8 Å². The minimum absolute atomic E-state index is 0.315. The smallest absolute Gasteiger partial charge is 0.187 e. The Balaban J connectivity index is 2.48. The number of aromatic carboxylic acids is 1. The summed E-state index contributed by atoms with van der Waals surface area (Å²) in [4.78, 5) is 22.6. The van der Waals surface area contributed by atoms with Crippen LogP contribution in [-0.2, 0) is 0 Å². The molecular weight excluding hydrogens is 240 g/mol. The van der Waals surface area contributed by atoms with Crippen molar-refractivity contribution < 1.29 is 9.90 Å². The average molecular weight is 249 g/mol. The van der Waals surface area contributed by atoms with Gasteiger partial charge in [-0.3, -0.25) is 4.79 Å². The summed E-state index contributed by atoms with van der Waals surface area (Å²) in [6.45, 7) is 0. The molecule has 0 amide bonds. The van der Waals surface area contributed by atoms with Crippen LogP contribution in [0.4, 0.5) is 0 Å². The first kappa shape index (κ1) is 11.4. The molecule has 0 radical (unpaired) electrons. The van der Waals surface area contributed by atoms with Crippen LogP contribution in [0.2, 0.25) is 0 Å². The van der Waals surface area contributed by atoms with Crippen molar-refractivity contribution >= 4 is 27.5 Å². The van der Waals surface area contributed by atoms with E-state index in [0.29, 0.717) is 5.39 Å². The second kappa shape index (κ2) is 4.21. The zero-order valence-electron chi connectivity index (χ0n) is 9.92. The molecule has 0 bridgehead atoms. The first-order chi connectivity index (χ1) is 9.15. The molecule has 3 heteroatoms. The highest BCUT2D eigenvalue weighted by Gasteiger charge is 2.02. The molecule has 0 spiro atoms. The molecule has 0 atom stereocenters. The summed E-state index contributed by atoms with van der Waals surface area (Å²) in [5, 5.41) is 14.5. The third-order valence-electron chi connectivity index (χ3n) is 3.15. The predicted octanol–water partition coefficient (Wildman–Crippen LogP) is 1.72. The van der Waals surface area contributed by atoms with Gasteiger partial charge in [0.05, 0.1) is 5.97 Å². The van der Waals surface area contributed by atoms with Crippen molar-refractivity contribution in [1.82, 2.24) is 0 Å². The van der Waals surface area contributed by atoms with Gasteiger partial charge in [-0.1, -0.05) is 30.3 Å². The van der Waals surface area contributed by atoms with Crippen LogP contribution < -0.4 is 10.5 Å². The van der Waals surface area contributed by atoms with Gasteiger partial charge in [-0.15, -0.1) is 0 Å². The summed E-state index contributed by atoms with van der Waals surface area (Å²) in [7, 11) is 0. The monoisotopic (exact) mass is 249 g/mol. The highest BCUT2D eigenvalue weighted by molar-refractivity contribution is 6.00. The van der Waals surface area contributed by atoms with Gasteiger partial charge in [0.25, 0.3) is 0 Å². The Bertz CT molecular complexity index is 866. The van der Waals surface area contributed by atoms with Crippen molar-refractivity contribution in [1.29, 1.82) is 0 Å². The number of hydrogen-bond donors (Lipinski definition) is 0. The van der Waals surface area contributed by atoms with Crippen LogP contribution in [0.1, 0.15) is 10.4 Å². The number of benzene rings is 2. The molecule has 19 heavy (non-hydrogen) atoms. The van der Waals surface area contributed by atoms with E-state index < -0.39 is 11.4 Å². The molecule has 3 rings (SSSR count). The molecule has 0 unspecified atom stereocenters. The predicted molar refractivity (Wildman–Crippen MR) is 72.1 cm³/mol. The molecule has 92 valence electrons. The molecule has 3 aromatic rings. The number of carbonyl (C=O) groups excluding carboxylic acids is 1. The van der Waals surface area contributed by atoms with Crippen LogP contribution >= 0.6 is 0 Å². The number of carboxylic acid groups (broad SMARTS) is 1. The van der Waals surface area contributed by atoms with Gasteiger partial charge < -0.3 is 9.90 Å². The van der Waals surface area contributed by atoms with Crippen molar-refractivity contribution in [3.05, 3.63) is 70.4 Å². The number of fused-ring (bicyclic) bond motifs is 2. The quantitative estimate of drug-likeness (QED) is 0.659. The summed E-state index contributed by atoms with van der Waals surface area (Å²) in [5.74, 6) is -1.45. The zero-order valence-corrected chi connectivity index (χ0v) is 9.92. The van der Waals surface area contributed by atoms with E-state index in [1.807, 2.05) is 36.4 Å². The summed E-state index contributed by atoms with van der Waals surface area (Å²) < 4.78 is 0. The number of carboxylic acids is 1. The highest BCUT2D eigenvalue weighted by atomic mass is 16.4. The van der Waals surface area contributed by atoms with Crippen LogP contribution in [-0.4, -0.2) is 5.97 Å². The number of rotatable bonds is 1. The van der Waals surface area contributed by atoms with E-state index in [1.54, 1.807) is 6.07 Å². The maximum absolute atomic E-state index is 11.6. The third-order valence-corrected chi connectivity index (χ3v) is 3.15. The Kier molecular flexibility index (Phi) is 2.53. The van der Waals surface area contributed by atoms with Gasteiger partial charge in [0, 0.05) is 5.56 Å². The summed E-state index contributed by atoms with van der Waals surface area (Å²) >= 11 is 0. The summed E-state index contributed by atoms with van der Waals surface area (Å²) in [6.07, 6.45) is 0. The van der Waals surface area contributed by atoms with Crippen molar-refractivity contribution in [2.75, 3.05) is 0 Å². The van der Waals surface area contributed by atoms with Gasteiger partial charge in [0.15, 0.2) is 5.43 Å². The Morgan fingerprint density at radius 3 is 2.00 bits per heavy atom. The SMILES string of the molecule is O=C([O-])c1cc2cc3ccccc3cc2ccc1=O. The van der Waals surface area contributed by atoms with E-state index >= 15 is 0 Å². The van der Waals surface area contributed by atoms with Crippen LogP contribution in [0.3, 0.4) is 0 Å². The Labute approximate surface area is 108 Å². The Morgan fingerprint density at radius 2 is 1.37 bits per heavy atom. The van der Waals surface area contributed by atoms with Crippen molar-refractivity contribution in [3.63, 3.8) is 0 Å². The molecule has 3 aromatic carbocycles. The third kappa shape index (κ3) is 1.95. The molecule has 0 N–H and O–H groups in total. The molecule has 0 aromatic heterocycles. The van der Waals surface area contributed by atoms with Gasteiger partial charge in [0.1, 0.15) is 0 Å². The van der Waals surface area contributed by atoms with E-state index in [4.69, 9.17) is 0 Å². The van der Waals surface area contributed by atoms with Crippen molar-refractivity contribution in [2.24, 2.45) is 0 Å². The highest BCUT2D eigenvalue weighted by Crippen LogP contribution is 2.21. The zero-order chi connectivity index (χ0) is 13.4. The van der Waals surface area contributed by atoms with Crippen LogP contribution in [0, 0.1) is 0 Å². The van der Waals surface area contributed by atoms with Gasteiger partial charge in [-0.2, -0.15) is 0 Å². The number of carbonyl (C=O) groups is 1. The molecular formula is C16H9O3-. The molecule has 0 saturated heterocycles. The molecule has 0 aliphatic rings. The van der Waals surface area contributed by atoms with E-state index in [1.165, 1.54) is 12.1 Å². The molecule has 0 aliphatic carbocycles. The van der Waals surface area contributed by atoms with E-state index in [0.717, 1.165) is 16.2 Å². The van der Waals surface area contributed by atoms with E-state index in [-0.39, 0.29) is 5.56 Å². The molecule has 0 saturated carbocycles. The number of hydrogen-bond acceptors (Lipinski definition) is 3. The molecule has 0 aliphatic heterocycles. The lowest BCUT2D eigenvalue weighted by molar-refractivity contribution is -0.255. The van der Waals surface area contributed by atoms with Crippen molar-refractivity contribution in [3.8, 4) is 0 Å². The van der Waals surface area contributed by atoms with Gasteiger partial charge >= 0.3 is 0 Å². The topological polar surface area (TPSA) is 57.2 Å². The minimum Gasteiger partial charge on any atom is -0.545 e. The fourth-order valence-corrected chi connectivity index (χ4v) is 2.19.